The van der Waals surface area contributed by atoms with Crippen molar-refractivity contribution in [2.75, 3.05) is 4.90 Å². The lowest BCUT2D eigenvalue weighted by Gasteiger charge is -2.34. The Morgan fingerprint density at radius 2 is 1.80 bits per heavy atom. The van der Waals surface area contributed by atoms with Gasteiger partial charge < -0.3 is 14.2 Å². The van der Waals surface area contributed by atoms with Crippen LogP contribution in [0.1, 0.15) is 13.8 Å². The Kier molecular flexibility index (Phi) is 4.42. The summed E-state index contributed by atoms with van der Waals surface area (Å²) in [6.07, 6.45) is 0.512. The number of nitro groups is 1. The van der Waals surface area contributed by atoms with E-state index in [1.54, 1.807) is 0 Å². The molecule has 1 aromatic rings. The molecule has 0 saturated carbocycles. The Morgan fingerprint density at radius 1 is 1.17 bits per heavy atom. The molecule has 3 aliphatic rings. The Labute approximate surface area is 169 Å². The number of hydrogen-bond donors (Lipinski definition) is 0. The van der Waals surface area contributed by atoms with Crippen LogP contribution in [0.15, 0.2) is 36.4 Å². The lowest BCUT2D eigenvalue weighted by Crippen LogP contribution is -2.52. The van der Waals surface area contributed by atoms with Crippen molar-refractivity contribution in [1.29, 1.82) is 0 Å². The number of rotatable bonds is 5. The van der Waals surface area contributed by atoms with Crippen molar-refractivity contribution in [3.8, 4) is 0 Å². The summed E-state index contributed by atoms with van der Waals surface area (Å²) in [4.78, 5) is 61.1. The standard InChI is InChI=1S/C19H16N2O9/c1-9(22)28-18(29-10(2)23)19-8-7-13(30-19)14-15(19)17(25)20(16(14)24)11-5-3-4-6-12(11)21(26)27/h3-8,13-15,18H,1-2H3/t13-,14+,15+,19+/m1/s1. The largest absolute Gasteiger partial charge is 0.422 e. The Bertz CT molecular complexity index is 1000. The Morgan fingerprint density at radius 3 is 2.40 bits per heavy atom. The molecule has 4 atom stereocenters. The van der Waals surface area contributed by atoms with Crippen molar-refractivity contribution in [1.82, 2.24) is 0 Å². The molecule has 0 radical (unpaired) electrons. The molecule has 3 aliphatic heterocycles. The number of fused-ring (bicyclic) bond motifs is 5. The number of para-hydroxylation sites is 2. The average Bonchev–Trinajstić information content (AvgIpc) is 3.31. The number of amides is 2. The highest BCUT2D eigenvalue weighted by atomic mass is 16.7. The first-order valence-corrected chi connectivity index (χ1v) is 9.00. The summed E-state index contributed by atoms with van der Waals surface area (Å²) in [5.74, 6) is -5.21. The third kappa shape index (κ3) is 2.70. The van der Waals surface area contributed by atoms with E-state index in [0.29, 0.717) is 0 Å². The lowest BCUT2D eigenvalue weighted by atomic mass is 9.76. The number of hydrogen-bond acceptors (Lipinski definition) is 9. The molecular weight excluding hydrogens is 400 g/mol. The maximum Gasteiger partial charge on any atom is 0.305 e. The van der Waals surface area contributed by atoms with Crippen molar-refractivity contribution in [3.05, 3.63) is 46.5 Å². The van der Waals surface area contributed by atoms with Crippen LogP contribution in [-0.4, -0.2) is 46.7 Å². The van der Waals surface area contributed by atoms with Crippen molar-refractivity contribution in [3.63, 3.8) is 0 Å². The van der Waals surface area contributed by atoms with Crippen LogP contribution in [0, 0.1) is 22.0 Å². The summed E-state index contributed by atoms with van der Waals surface area (Å²) in [6.45, 7) is 2.19. The lowest BCUT2D eigenvalue weighted by molar-refractivity contribution is -0.384. The first-order chi connectivity index (χ1) is 14.2. The molecule has 30 heavy (non-hydrogen) atoms. The third-order valence-corrected chi connectivity index (χ3v) is 5.31. The summed E-state index contributed by atoms with van der Waals surface area (Å²) in [5.41, 5.74) is -2.29. The fourth-order valence-corrected chi connectivity index (χ4v) is 4.26. The van der Waals surface area contributed by atoms with Gasteiger partial charge in [0.2, 0.25) is 11.8 Å². The maximum absolute atomic E-state index is 13.3. The summed E-state index contributed by atoms with van der Waals surface area (Å²) in [6, 6.07) is 5.37. The Hall–Kier alpha value is -3.60. The van der Waals surface area contributed by atoms with E-state index in [-0.39, 0.29) is 5.69 Å². The van der Waals surface area contributed by atoms with Gasteiger partial charge in [-0.15, -0.1) is 0 Å². The van der Waals surface area contributed by atoms with Crippen LogP contribution < -0.4 is 4.90 Å². The van der Waals surface area contributed by atoms with Gasteiger partial charge in [0.1, 0.15) is 5.69 Å². The number of imide groups is 1. The summed E-state index contributed by atoms with van der Waals surface area (Å²) >= 11 is 0. The van der Waals surface area contributed by atoms with E-state index in [1.807, 2.05) is 0 Å². The number of nitrogens with zero attached hydrogens (tertiary/aromatic N) is 2. The molecule has 2 bridgehead atoms. The van der Waals surface area contributed by atoms with Gasteiger partial charge in [-0.05, 0) is 12.1 Å². The van der Waals surface area contributed by atoms with Crippen LogP contribution in [0.25, 0.3) is 0 Å². The molecule has 2 fully saturated rings. The number of carbonyl (C=O) groups is 4. The Balaban J connectivity index is 1.78. The zero-order valence-corrected chi connectivity index (χ0v) is 15.8. The minimum absolute atomic E-state index is 0.169. The highest BCUT2D eigenvalue weighted by Crippen LogP contribution is 2.55. The van der Waals surface area contributed by atoms with E-state index in [4.69, 9.17) is 14.2 Å². The molecule has 0 N–H and O–H groups in total. The number of carbonyl (C=O) groups excluding carboxylic acids is 4. The fourth-order valence-electron chi connectivity index (χ4n) is 4.26. The minimum Gasteiger partial charge on any atom is -0.422 e. The fraction of sp³-hybridized carbons (Fsp3) is 0.368. The number of ether oxygens (including phenoxy) is 3. The second-order valence-corrected chi connectivity index (χ2v) is 7.11. The first kappa shape index (κ1) is 19.7. The van der Waals surface area contributed by atoms with Crippen LogP contribution in [-0.2, 0) is 33.4 Å². The molecule has 0 aromatic heterocycles. The molecule has 3 heterocycles. The predicted octanol–water partition coefficient (Wildman–Crippen LogP) is 0.860. The zero-order valence-electron chi connectivity index (χ0n) is 15.8. The molecule has 0 spiro atoms. The molecule has 11 heteroatoms. The molecule has 1 aromatic carbocycles. The van der Waals surface area contributed by atoms with Crippen LogP contribution in [0.5, 0.6) is 0 Å². The van der Waals surface area contributed by atoms with Crippen molar-refractivity contribution >= 4 is 35.1 Å². The molecule has 0 unspecified atom stereocenters. The van der Waals surface area contributed by atoms with Crippen LogP contribution in [0.3, 0.4) is 0 Å². The molecule has 156 valence electrons. The minimum atomic E-state index is -1.71. The monoisotopic (exact) mass is 416 g/mol. The molecule has 0 aliphatic carbocycles. The second-order valence-electron chi connectivity index (χ2n) is 7.11. The van der Waals surface area contributed by atoms with Gasteiger partial charge in [0, 0.05) is 19.9 Å². The van der Waals surface area contributed by atoms with Crippen LogP contribution in [0.4, 0.5) is 11.4 Å². The molecule has 11 nitrogen and oxygen atoms in total. The van der Waals surface area contributed by atoms with Crippen LogP contribution in [0.2, 0.25) is 0 Å². The topological polar surface area (TPSA) is 142 Å². The smallest absolute Gasteiger partial charge is 0.305 e. The molecule has 2 saturated heterocycles. The van der Waals surface area contributed by atoms with E-state index in [9.17, 15) is 29.3 Å². The van der Waals surface area contributed by atoms with Gasteiger partial charge >= 0.3 is 11.9 Å². The normalized spacial score (nSPS) is 28.8. The van der Waals surface area contributed by atoms with Gasteiger partial charge in [0.05, 0.1) is 22.9 Å². The highest BCUT2D eigenvalue weighted by Gasteiger charge is 2.72. The van der Waals surface area contributed by atoms with Crippen molar-refractivity contribution in [2.24, 2.45) is 11.8 Å². The quantitative estimate of drug-likeness (QED) is 0.170. The van der Waals surface area contributed by atoms with E-state index >= 15 is 0 Å². The van der Waals surface area contributed by atoms with Crippen molar-refractivity contribution < 1.29 is 38.3 Å². The molecule has 2 amide bonds. The number of nitro benzene ring substituents is 1. The van der Waals surface area contributed by atoms with Gasteiger partial charge in [0.15, 0.2) is 5.60 Å². The first-order valence-electron chi connectivity index (χ1n) is 9.00. The van der Waals surface area contributed by atoms with E-state index in [0.717, 1.165) is 18.7 Å². The average molecular weight is 416 g/mol. The molecule has 4 rings (SSSR count). The van der Waals surface area contributed by atoms with Gasteiger partial charge in [-0.3, -0.25) is 29.3 Å². The summed E-state index contributed by atoms with van der Waals surface area (Å²) in [5, 5.41) is 11.4. The number of benzene rings is 1. The van der Waals surface area contributed by atoms with Crippen LogP contribution >= 0.6 is 0 Å². The van der Waals surface area contributed by atoms with E-state index < -0.39 is 64.2 Å². The van der Waals surface area contributed by atoms with E-state index in [1.165, 1.54) is 36.4 Å². The highest BCUT2D eigenvalue weighted by molar-refractivity contribution is 6.24. The maximum atomic E-state index is 13.3. The van der Waals surface area contributed by atoms with Gasteiger partial charge in [0.25, 0.3) is 12.0 Å². The third-order valence-electron chi connectivity index (χ3n) is 5.31. The van der Waals surface area contributed by atoms with Gasteiger partial charge in [-0.2, -0.15) is 0 Å². The van der Waals surface area contributed by atoms with Gasteiger partial charge in [-0.1, -0.05) is 18.2 Å². The summed E-state index contributed by atoms with van der Waals surface area (Å²) in [7, 11) is 0. The zero-order chi connectivity index (χ0) is 21.8. The van der Waals surface area contributed by atoms with E-state index in [2.05, 4.69) is 0 Å². The number of anilines is 1. The number of esters is 2. The summed E-state index contributed by atoms with van der Waals surface area (Å²) < 4.78 is 16.1. The molecular formula is C19H16N2O9. The SMILES string of the molecule is CC(=O)OC(OC(C)=O)[C@@]12C=C[C@@H](O1)[C@@H]1C(=O)N(c3ccccc3[N+](=O)[O-])C(=O)[C@H]12. The van der Waals surface area contributed by atoms with Crippen molar-refractivity contribution in [2.45, 2.75) is 31.8 Å². The second kappa shape index (κ2) is 6.73. The van der Waals surface area contributed by atoms with Gasteiger partial charge in [-0.25, -0.2) is 4.90 Å². The predicted molar refractivity (Wildman–Crippen MR) is 96.6 cm³/mol.